The number of nitrogens with one attached hydrogen (secondary N) is 3. The van der Waals surface area contributed by atoms with Crippen molar-refractivity contribution in [3.8, 4) is 5.75 Å². The van der Waals surface area contributed by atoms with Crippen molar-refractivity contribution >= 4 is 45.0 Å². The maximum atomic E-state index is 7.64. The fourth-order valence-electron chi connectivity index (χ4n) is 5.11. The number of rotatable bonds is 6. The Kier molecular flexibility index (Phi) is 5.94. The summed E-state index contributed by atoms with van der Waals surface area (Å²) < 4.78 is 5.53. The summed E-state index contributed by atoms with van der Waals surface area (Å²) in [6.07, 6.45) is 8.47. The summed E-state index contributed by atoms with van der Waals surface area (Å²) >= 11 is 1.77. The van der Waals surface area contributed by atoms with Gasteiger partial charge in [-0.05, 0) is 57.6 Å². The van der Waals surface area contributed by atoms with Gasteiger partial charge in [0.25, 0.3) is 0 Å². The summed E-state index contributed by atoms with van der Waals surface area (Å²) in [7, 11) is 1.61. The van der Waals surface area contributed by atoms with Crippen molar-refractivity contribution in [1.82, 2.24) is 20.4 Å². The first-order valence-corrected chi connectivity index (χ1v) is 12.3. The highest BCUT2D eigenvalue weighted by atomic mass is 32.1. The molecule has 0 bridgehead atoms. The van der Waals surface area contributed by atoms with E-state index in [0.717, 1.165) is 41.0 Å². The van der Waals surface area contributed by atoms with Crippen molar-refractivity contribution in [1.29, 1.82) is 5.41 Å². The van der Waals surface area contributed by atoms with Crippen LogP contribution in [0.3, 0.4) is 0 Å². The average Bonchev–Trinajstić information content (AvgIpc) is 3.34. The molecule has 2 aliphatic rings. The smallest absolute Gasteiger partial charge is 0.144 e. The van der Waals surface area contributed by atoms with E-state index in [1.54, 1.807) is 30.8 Å². The summed E-state index contributed by atoms with van der Waals surface area (Å²) in [5.74, 6) is 1.39. The van der Waals surface area contributed by atoms with Crippen molar-refractivity contribution in [2.45, 2.75) is 64.1 Å². The minimum absolute atomic E-state index is 0.449. The Labute approximate surface area is 198 Å². The third kappa shape index (κ3) is 4.05. The minimum Gasteiger partial charge on any atom is -0.494 e. The lowest BCUT2D eigenvalue weighted by Gasteiger charge is -2.33. The van der Waals surface area contributed by atoms with Crippen LogP contribution in [0, 0.1) is 5.41 Å². The molecule has 1 fully saturated rings. The number of ether oxygens (including phenoxy) is 1. The van der Waals surface area contributed by atoms with E-state index in [4.69, 9.17) is 15.9 Å². The molecule has 5 rings (SSSR count). The molecule has 1 aromatic carbocycles. The molecule has 3 aromatic rings. The topological polar surface area (TPSA) is 112 Å². The standard InChI is InChI=1S/C24H31N7OS/c1-13-4-5-14(2)31(13)30-16-6-7-17-21(9-16)33-24-22(17)23(27-12-28-24)29-19-8-15(11-25)18(26)10-20(19)32-3/h8,10-14,16,25,30H,4-7,9,26H2,1-3H3,(H,27,28,29)/t13-,14-,16?/m1/s1. The predicted molar refractivity (Wildman–Crippen MR) is 135 cm³/mol. The maximum Gasteiger partial charge on any atom is 0.144 e. The maximum absolute atomic E-state index is 7.64. The van der Waals surface area contributed by atoms with Crippen LogP contribution in [0.4, 0.5) is 17.2 Å². The van der Waals surface area contributed by atoms with Crippen molar-refractivity contribution < 1.29 is 4.74 Å². The summed E-state index contributed by atoms with van der Waals surface area (Å²) in [5, 5.41) is 14.6. The lowest BCUT2D eigenvalue weighted by Crippen LogP contribution is -2.51. The van der Waals surface area contributed by atoms with Crippen LogP contribution in [0.2, 0.25) is 0 Å². The van der Waals surface area contributed by atoms with Crippen LogP contribution >= 0.6 is 11.3 Å². The number of fused-ring (bicyclic) bond motifs is 3. The van der Waals surface area contributed by atoms with E-state index >= 15 is 0 Å². The van der Waals surface area contributed by atoms with Gasteiger partial charge in [0.2, 0.25) is 0 Å². The molecule has 3 atom stereocenters. The van der Waals surface area contributed by atoms with E-state index in [1.165, 1.54) is 29.5 Å². The molecule has 0 saturated carbocycles. The first-order valence-electron chi connectivity index (χ1n) is 11.5. The Hall–Kier alpha value is -2.75. The molecule has 0 spiro atoms. The Morgan fingerprint density at radius 3 is 2.73 bits per heavy atom. The van der Waals surface area contributed by atoms with Crippen LogP contribution in [0.1, 0.15) is 49.1 Å². The van der Waals surface area contributed by atoms with Crippen molar-refractivity contribution in [2.75, 3.05) is 18.2 Å². The third-order valence-electron chi connectivity index (χ3n) is 6.94. The SMILES string of the molecule is COc1cc(N)c(C=N)cc1Nc1ncnc2sc3c(c12)CCC(NN1[C@H](C)CC[C@H]1C)C3. The van der Waals surface area contributed by atoms with Crippen LogP contribution in [0.15, 0.2) is 18.5 Å². The largest absolute Gasteiger partial charge is 0.494 e. The van der Waals surface area contributed by atoms with E-state index in [2.05, 4.69) is 39.6 Å². The second-order valence-corrected chi connectivity index (χ2v) is 10.2. The molecule has 1 aliphatic heterocycles. The lowest BCUT2D eigenvalue weighted by atomic mass is 9.93. The Morgan fingerprint density at radius 1 is 1.21 bits per heavy atom. The van der Waals surface area contributed by atoms with E-state index in [1.807, 2.05) is 6.07 Å². The quantitative estimate of drug-likeness (QED) is 0.318. The predicted octanol–water partition coefficient (Wildman–Crippen LogP) is 4.26. The van der Waals surface area contributed by atoms with Crippen LogP contribution in [0.25, 0.3) is 10.2 Å². The molecule has 174 valence electrons. The fourth-order valence-corrected chi connectivity index (χ4v) is 6.37. The Balaban J connectivity index is 1.44. The summed E-state index contributed by atoms with van der Waals surface area (Å²) in [5.41, 5.74) is 13.1. The molecule has 1 unspecified atom stereocenters. The zero-order valence-corrected chi connectivity index (χ0v) is 20.1. The first kappa shape index (κ1) is 22.1. The number of hydrogen-bond acceptors (Lipinski definition) is 9. The number of nitrogens with two attached hydrogens (primary N) is 1. The second kappa shape index (κ2) is 8.89. The highest BCUT2D eigenvalue weighted by molar-refractivity contribution is 7.19. The number of nitrogen functional groups attached to an aromatic ring is 1. The molecule has 8 nitrogen and oxygen atoms in total. The molecular formula is C24H31N7OS. The number of benzene rings is 1. The summed E-state index contributed by atoms with van der Waals surface area (Å²) in [4.78, 5) is 11.5. The summed E-state index contributed by atoms with van der Waals surface area (Å²) in [6.45, 7) is 4.63. The van der Waals surface area contributed by atoms with E-state index < -0.39 is 0 Å². The Bertz CT molecular complexity index is 1180. The van der Waals surface area contributed by atoms with E-state index in [0.29, 0.717) is 35.1 Å². The van der Waals surface area contributed by atoms with Crippen molar-refractivity contribution in [3.63, 3.8) is 0 Å². The normalized spacial score (nSPS) is 22.9. The molecule has 9 heteroatoms. The van der Waals surface area contributed by atoms with Gasteiger partial charge in [-0.15, -0.1) is 11.3 Å². The van der Waals surface area contributed by atoms with Gasteiger partial charge in [0, 0.05) is 46.5 Å². The first-order chi connectivity index (χ1) is 16.0. The van der Waals surface area contributed by atoms with E-state index in [-0.39, 0.29) is 0 Å². The number of hydrazine groups is 1. The fraction of sp³-hybridized carbons (Fsp3) is 0.458. The molecule has 33 heavy (non-hydrogen) atoms. The van der Waals surface area contributed by atoms with Gasteiger partial charge >= 0.3 is 0 Å². The number of aromatic nitrogens is 2. The number of aryl methyl sites for hydroxylation is 1. The third-order valence-corrected chi connectivity index (χ3v) is 8.10. The zero-order valence-electron chi connectivity index (χ0n) is 19.3. The average molecular weight is 466 g/mol. The molecule has 3 heterocycles. The number of hydrogen-bond donors (Lipinski definition) is 4. The summed E-state index contributed by atoms with van der Waals surface area (Å²) in [6, 6.07) is 5.19. The molecule has 1 saturated heterocycles. The lowest BCUT2D eigenvalue weighted by molar-refractivity contribution is 0.104. The zero-order chi connectivity index (χ0) is 23.1. The van der Waals surface area contributed by atoms with Crippen molar-refractivity contribution in [2.24, 2.45) is 0 Å². The number of nitrogens with zero attached hydrogens (tertiary/aromatic N) is 3. The molecular weight excluding hydrogens is 434 g/mol. The van der Waals surface area contributed by atoms with Crippen LogP contribution < -0.4 is 21.2 Å². The van der Waals surface area contributed by atoms with Gasteiger partial charge in [0.05, 0.1) is 18.2 Å². The Morgan fingerprint density at radius 2 is 2.00 bits per heavy atom. The van der Waals surface area contributed by atoms with Gasteiger partial charge in [-0.3, -0.25) is 5.43 Å². The van der Waals surface area contributed by atoms with Gasteiger partial charge in [-0.25, -0.2) is 15.0 Å². The highest BCUT2D eigenvalue weighted by Crippen LogP contribution is 2.40. The molecule has 1 aliphatic carbocycles. The van der Waals surface area contributed by atoms with E-state index in [9.17, 15) is 0 Å². The second-order valence-electron chi connectivity index (χ2n) is 9.11. The van der Waals surface area contributed by atoms with Gasteiger partial charge in [-0.2, -0.15) is 0 Å². The molecule has 0 radical (unpaired) electrons. The molecule has 0 amide bonds. The monoisotopic (exact) mass is 465 g/mol. The van der Waals surface area contributed by atoms with Gasteiger partial charge in [-0.1, -0.05) is 0 Å². The van der Waals surface area contributed by atoms with Gasteiger partial charge in [0.1, 0.15) is 22.7 Å². The number of thiophene rings is 1. The van der Waals surface area contributed by atoms with Crippen LogP contribution in [-0.4, -0.2) is 46.4 Å². The number of anilines is 3. The molecule has 2 aromatic heterocycles. The number of methoxy groups -OCH3 is 1. The van der Waals surface area contributed by atoms with Crippen LogP contribution in [-0.2, 0) is 12.8 Å². The molecule has 5 N–H and O–H groups in total. The van der Waals surface area contributed by atoms with Gasteiger partial charge in [0.15, 0.2) is 0 Å². The van der Waals surface area contributed by atoms with Crippen molar-refractivity contribution in [3.05, 3.63) is 34.5 Å². The highest BCUT2D eigenvalue weighted by Gasteiger charge is 2.32. The van der Waals surface area contributed by atoms with Crippen LogP contribution in [0.5, 0.6) is 5.75 Å². The minimum atomic E-state index is 0.449. The van der Waals surface area contributed by atoms with Gasteiger partial charge < -0.3 is 21.2 Å².